The van der Waals surface area contributed by atoms with E-state index < -0.39 is 0 Å². The maximum absolute atomic E-state index is 6.54. The first-order chi connectivity index (χ1) is 28.3. The number of hydrogen-bond donors (Lipinski definition) is 0. The average molecular weight is 732 g/mol. The Balaban J connectivity index is 1.04. The second-order valence-corrected chi connectivity index (χ2v) is 14.7. The van der Waals surface area contributed by atoms with E-state index in [0.717, 1.165) is 56.4 Å². The van der Waals surface area contributed by atoms with Gasteiger partial charge in [0, 0.05) is 44.7 Å². The Labute approximate surface area is 331 Å². The van der Waals surface area contributed by atoms with Crippen molar-refractivity contribution in [3.05, 3.63) is 211 Å². The number of rotatable bonds is 7. The van der Waals surface area contributed by atoms with Gasteiger partial charge in [0.15, 0.2) is 5.58 Å². The van der Waals surface area contributed by atoms with Crippen molar-refractivity contribution in [2.45, 2.75) is 12.5 Å². The molecular formula is C53H37N3O. The predicted molar refractivity (Wildman–Crippen MR) is 236 cm³/mol. The molecule has 57 heavy (non-hydrogen) atoms. The second-order valence-electron chi connectivity index (χ2n) is 14.7. The smallest absolute Gasteiger partial charge is 0.227 e. The van der Waals surface area contributed by atoms with Crippen LogP contribution in [0.1, 0.15) is 11.3 Å². The summed E-state index contributed by atoms with van der Waals surface area (Å²) in [6, 6.07) is 69.0. The van der Waals surface area contributed by atoms with Crippen molar-refractivity contribution in [1.82, 2.24) is 9.55 Å². The van der Waals surface area contributed by atoms with Crippen molar-refractivity contribution in [2.24, 2.45) is 0 Å². The van der Waals surface area contributed by atoms with Crippen LogP contribution in [0.3, 0.4) is 0 Å². The monoisotopic (exact) mass is 731 g/mol. The van der Waals surface area contributed by atoms with Crippen LogP contribution in [-0.2, 0) is 6.42 Å². The molecule has 8 aromatic carbocycles. The molecule has 0 saturated carbocycles. The van der Waals surface area contributed by atoms with Gasteiger partial charge in [0.2, 0.25) is 5.89 Å². The first-order valence-electron chi connectivity index (χ1n) is 19.6. The van der Waals surface area contributed by atoms with Gasteiger partial charge in [-0.15, -0.1) is 0 Å². The van der Waals surface area contributed by atoms with Crippen LogP contribution >= 0.6 is 0 Å². The summed E-state index contributed by atoms with van der Waals surface area (Å²) in [6.45, 7) is 0. The largest absolute Gasteiger partial charge is 0.435 e. The molecule has 4 heteroatoms. The molecule has 0 saturated heterocycles. The minimum Gasteiger partial charge on any atom is -0.435 e. The molecule has 0 bridgehead atoms. The van der Waals surface area contributed by atoms with Crippen LogP contribution in [0, 0.1) is 0 Å². The third-order valence-electron chi connectivity index (χ3n) is 11.4. The van der Waals surface area contributed by atoms with Gasteiger partial charge in [-0.3, -0.25) is 0 Å². The topological polar surface area (TPSA) is 34.2 Å². The molecule has 0 fully saturated rings. The number of hydrogen-bond acceptors (Lipinski definition) is 3. The van der Waals surface area contributed by atoms with Crippen molar-refractivity contribution < 1.29 is 4.42 Å². The van der Waals surface area contributed by atoms with Crippen molar-refractivity contribution in [3.63, 3.8) is 0 Å². The Morgan fingerprint density at radius 1 is 0.544 bits per heavy atom. The molecule has 10 aromatic rings. The summed E-state index contributed by atoms with van der Waals surface area (Å²) >= 11 is 0. The molecule has 1 unspecified atom stereocenters. The summed E-state index contributed by atoms with van der Waals surface area (Å²) in [4.78, 5) is 7.61. The van der Waals surface area contributed by atoms with Crippen LogP contribution in [0.5, 0.6) is 0 Å². The van der Waals surface area contributed by atoms with Crippen LogP contribution in [0.15, 0.2) is 205 Å². The van der Waals surface area contributed by atoms with Gasteiger partial charge in [-0.1, -0.05) is 140 Å². The molecule has 0 spiro atoms. The fourth-order valence-corrected chi connectivity index (χ4v) is 8.69. The second kappa shape index (κ2) is 13.7. The number of fused-ring (bicyclic) bond motifs is 6. The lowest BCUT2D eigenvalue weighted by atomic mass is 9.94. The Bertz CT molecular complexity index is 3090. The van der Waals surface area contributed by atoms with Crippen molar-refractivity contribution >= 4 is 50.2 Å². The number of oxazole rings is 1. The molecule has 0 amide bonds. The van der Waals surface area contributed by atoms with Crippen LogP contribution in [0.25, 0.3) is 78.2 Å². The van der Waals surface area contributed by atoms with E-state index in [1.807, 2.05) is 30.3 Å². The Hall–Kier alpha value is -7.43. The lowest BCUT2D eigenvalue weighted by molar-refractivity contribution is 0.623. The van der Waals surface area contributed by atoms with Gasteiger partial charge in [-0.05, 0) is 101 Å². The fraction of sp³-hybridized carbons (Fsp3) is 0.0377. The standard InChI is InChI=1S/C53H37N3O/c1-4-15-36(16-5-1)39-20-14-23-43(33-39)55(44-31-32-50-48(35-44)46-25-12-13-26-49(46)56(50)41-21-8-3-9-22-41)42-29-27-37(28-30-42)47-34-40-19-10-11-24-45(40)52-51(47)54-53(57-52)38-17-6-2-7-18-38/h1-34,44H,35H2. The van der Waals surface area contributed by atoms with Gasteiger partial charge < -0.3 is 13.9 Å². The van der Waals surface area contributed by atoms with E-state index in [2.05, 4.69) is 185 Å². The fourth-order valence-electron chi connectivity index (χ4n) is 8.69. The number of benzene rings is 8. The summed E-state index contributed by atoms with van der Waals surface area (Å²) in [5, 5.41) is 3.47. The van der Waals surface area contributed by atoms with E-state index in [9.17, 15) is 0 Å². The Kier molecular flexibility index (Phi) is 7.92. The molecule has 4 nitrogen and oxygen atoms in total. The summed E-state index contributed by atoms with van der Waals surface area (Å²) in [5.74, 6) is 0.626. The van der Waals surface area contributed by atoms with E-state index in [-0.39, 0.29) is 6.04 Å². The van der Waals surface area contributed by atoms with E-state index >= 15 is 0 Å². The van der Waals surface area contributed by atoms with E-state index in [1.54, 1.807) is 0 Å². The van der Waals surface area contributed by atoms with Crippen molar-refractivity contribution in [1.29, 1.82) is 0 Å². The minimum atomic E-state index is 0.0701. The number of aromatic nitrogens is 2. The van der Waals surface area contributed by atoms with Gasteiger partial charge in [-0.2, -0.15) is 0 Å². The molecule has 0 radical (unpaired) electrons. The predicted octanol–water partition coefficient (Wildman–Crippen LogP) is 13.7. The highest BCUT2D eigenvalue weighted by Gasteiger charge is 2.28. The zero-order chi connectivity index (χ0) is 37.7. The SMILES string of the molecule is C1=CC(N(c2ccc(-c3cc4ccccc4c4oc(-c5ccccc5)nc34)cc2)c2cccc(-c3ccccc3)c2)Cc2c1n(-c1ccccc1)c1ccccc21. The maximum atomic E-state index is 6.54. The lowest BCUT2D eigenvalue weighted by Gasteiger charge is -2.34. The zero-order valence-electron chi connectivity index (χ0n) is 31.2. The first kappa shape index (κ1) is 33.0. The summed E-state index contributed by atoms with van der Waals surface area (Å²) in [6.07, 6.45) is 5.58. The molecule has 11 rings (SSSR count). The Morgan fingerprint density at radius 2 is 1.21 bits per heavy atom. The quantitative estimate of drug-likeness (QED) is 0.164. The van der Waals surface area contributed by atoms with Gasteiger partial charge in [-0.25, -0.2) is 4.98 Å². The van der Waals surface area contributed by atoms with Gasteiger partial charge in [0.25, 0.3) is 0 Å². The molecule has 2 heterocycles. The van der Waals surface area contributed by atoms with E-state index in [4.69, 9.17) is 9.40 Å². The molecule has 1 atom stereocenters. The van der Waals surface area contributed by atoms with Gasteiger partial charge in [0.1, 0.15) is 5.52 Å². The number of nitrogens with zero attached hydrogens (tertiary/aromatic N) is 3. The van der Waals surface area contributed by atoms with Gasteiger partial charge in [0.05, 0.1) is 11.6 Å². The lowest BCUT2D eigenvalue weighted by Crippen LogP contribution is -2.33. The maximum Gasteiger partial charge on any atom is 0.227 e. The summed E-state index contributed by atoms with van der Waals surface area (Å²) < 4.78 is 8.94. The summed E-state index contributed by atoms with van der Waals surface area (Å²) in [5.41, 5.74) is 14.4. The van der Waals surface area contributed by atoms with Gasteiger partial charge >= 0.3 is 0 Å². The molecule has 1 aliphatic rings. The molecular weight excluding hydrogens is 695 g/mol. The van der Waals surface area contributed by atoms with Crippen LogP contribution in [-0.4, -0.2) is 15.6 Å². The highest BCUT2D eigenvalue weighted by molar-refractivity contribution is 6.10. The van der Waals surface area contributed by atoms with Crippen LogP contribution in [0.4, 0.5) is 11.4 Å². The average Bonchev–Trinajstić information content (AvgIpc) is 3.88. The third-order valence-corrected chi connectivity index (χ3v) is 11.4. The van der Waals surface area contributed by atoms with Crippen molar-refractivity contribution in [3.8, 4) is 39.4 Å². The molecule has 2 aromatic heterocycles. The van der Waals surface area contributed by atoms with E-state index in [0.29, 0.717) is 5.89 Å². The zero-order valence-corrected chi connectivity index (χ0v) is 31.2. The molecule has 1 aliphatic carbocycles. The number of para-hydroxylation sites is 2. The Morgan fingerprint density at radius 3 is 2.00 bits per heavy atom. The van der Waals surface area contributed by atoms with Crippen LogP contribution < -0.4 is 4.90 Å². The van der Waals surface area contributed by atoms with E-state index in [1.165, 1.54) is 39.0 Å². The minimum absolute atomic E-state index is 0.0701. The summed E-state index contributed by atoms with van der Waals surface area (Å²) in [7, 11) is 0. The number of anilines is 2. The molecule has 0 aliphatic heterocycles. The first-order valence-corrected chi connectivity index (χ1v) is 19.6. The highest BCUT2D eigenvalue weighted by Crippen LogP contribution is 2.41. The third kappa shape index (κ3) is 5.73. The molecule has 270 valence electrons. The normalized spacial score (nSPS) is 13.6. The van der Waals surface area contributed by atoms with Crippen LogP contribution in [0.2, 0.25) is 0 Å². The molecule has 0 N–H and O–H groups in total. The van der Waals surface area contributed by atoms with Crippen molar-refractivity contribution in [2.75, 3.05) is 4.90 Å². The highest BCUT2D eigenvalue weighted by atomic mass is 16.3.